The number of nitrogens with one attached hydrogen (secondary N) is 1. The number of oxazole rings is 1. The van der Waals surface area contributed by atoms with Gasteiger partial charge in [0.2, 0.25) is 17.7 Å². The molecule has 2 heterocycles. The lowest BCUT2D eigenvalue weighted by atomic mass is 9.97. The van der Waals surface area contributed by atoms with E-state index in [0.29, 0.717) is 11.7 Å². The summed E-state index contributed by atoms with van der Waals surface area (Å²) in [6, 6.07) is -0.830. The van der Waals surface area contributed by atoms with Crippen LogP contribution in [0.3, 0.4) is 0 Å². The van der Waals surface area contributed by atoms with Crippen LogP contribution in [-0.2, 0) is 9.59 Å². The quantitative estimate of drug-likeness (QED) is 0.885. The van der Waals surface area contributed by atoms with Crippen LogP contribution in [0, 0.1) is 12.8 Å². The van der Waals surface area contributed by atoms with Gasteiger partial charge in [-0.2, -0.15) is 0 Å². The zero-order valence-corrected chi connectivity index (χ0v) is 11.6. The van der Waals surface area contributed by atoms with Gasteiger partial charge in [-0.15, -0.1) is 0 Å². The molecule has 1 aliphatic heterocycles. The Morgan fingerprint density at radius 1 is 1.42 bits per heavy atom. The Labute approximate surface area is 112 Å². The van der Waals surface area contributed by atoms with Gasteiger partial charge >= 0.3 is 0 Å². The first-order valence-electron chi connectivity index (χ1n) is 6.43. The highest BCUT2D eigenvalue weighted by molar-refractivity contribution is 5.95. The fourth-order valence-electron chi connectivity index (χ4n) is 2.41. The van der Waals surface area contributed by atoms with Crippen LogP contribution in [0.2, 0.25) is 0 Å². The van der Waals surface area contributed by atoms with Gasteiger partial charge in [0.15, 0.2) is 0 Å². The fourth-order valence-corrected chi connectivity index (χ4v) is 2.41. The minimum absolute atomic E-state index is 0.0303. The molecule has 104 valence electrons. The predicted molar refractivity (Wildman–Crippen MR) is 68.1 cm³/mol. The molecule has 2 amide bonds. The molecule has 0 radical (unpaired) electrons. The Hall–Kier alpha value is -1.85. The van der Waals surface area contributed by atoms with E-state index in [1.807, 2.05) is 20.8 Å². The van der Waals surface area contributed by atoms with Crippen molar-refractivity contribution in [2.75, 3.05) is 6.54 Å². The predicted octanol–water partition coefficient (Wildman–Crippen LogP) is 1.03. The monoisotopic (exact) mass is 265 g/mol. The molecule has 0 spiro atoms. The van der Waals surface area contributed by atoms with Gasteiger partial charge in [0.1, 0.15) is 17.8 Å². The molecule has 0 aromatic carbocycles. The van der Waals surface area contributed by atoms with Crippen molar-refractivity contribution in [2.24, 2.45) is 5.92 Å². The number of piperazine rings is 1. The van der Waals surface area contributed by atoms with Crippen LogP contribution in [0.15, 0.2) is 10.6 Å². The van der Waals surface area contributed by atoms with Crippen molar-refractivity contribution in [3.05, 3.63) is 17.8 Å². The highest BCUT2D eigenvalue weighted by Gasteiger charge is 2.40. The van der Waals surface area contributed by atoms with E-state index in [1.165, 1.54) is 0 Å². The van der Waals surface area contributed by atoms with E-state index in [-0.39, 0.29) is 30.3 Å². The second-order valence-corrected chi connectivity index (χ2v) is 5.19. The molecule has 1 aromatic rings. The van der Waals surface area contributed by atoms with Crippen molar-refractivity contribution < 1.29 is 14.0 Å². The van der Waals surface area contributed by atoms with Crippen molar-refractivity contribution in [3.63, 3.8) is 0 Å². The molecule has 0 saturated carbocycles. The maximum Gasteiger partial charge on any atom is 0.243 e. The van der Waals surface area contributed by atoms with E-state index in [2.05, 4.69) is 10.3 Å². The van der Waals surface area contributed by atoms with Crippen molar-refractivity contribution >= 4 is 11.8 Å². The van der Waals surface area contributed by atoms with E-state index >= 15 is 0 Å². The average Bonchev–Trinajstić information content (AvgIpc) is 2.77. The van der Waals surface area contributed by atoms with Crippen molar-refractivity contribution in [3.8, 4) is 0 Å². The molecule has 2 unspecified atom stereocenters. The Kier molecular flexibility index (Phi) is 3.59. The Morgan fingerprint density at radius 3 is 2.63 bits per heavy atom. The van der Waals surface area contributed by atoms with E-state index in [9.17, 15) is 9.59 Å². The van der Waals surface area contributed by atoms with Gasteiger partial charge in [-0.1, -0.05) is 13.8 Å². The van der Waals surface area contributed by atoms with Crippen LogP contribution in [0.25, 0.3) is 0 Å². The summed E-state index contributed by atoms with van der Waals surface area (Å²) in [5.41, 5.74) is 0. The molecule has 1 aliphatic rings. The minimum atomic E-state index is -0.483. The van der Waals surface area contributed by atoms with Crippen LogP contribution >= 0.6 is 0 Å². The van der Waals surface area contributed by atoms with Crippen LogP contribution in [0.5, 0.6) is 0 Å². The molecule has 2 rings (SSSR count). The third kappa shape index (κ3) is 2.47. The first-order valence-corrected chi connectivity index (χ1v) is 6.43. The maximum absolute atomic E-state index is 12.1. The lowest BCUT2D eigenvalue weighted by molar-refractivity contribution is -0.150. The Bertz CT molecular complexity index is 495. The smallest absolute Gasteiger partial charge is 0.243 e. The molecule has 19 heavy (non-hydrogen) atoms. The van der Waals surface area contributed by atoms with Gasteiger partial charge in [-0.3, -0.25) is 9.59 Å². The SMILES string of the molecule is Cc1cnc(C(C)N2C(=O)CNC(=O)C2C(C)C)o1. The van der Waals surface area contributed by atoms with Crippen LogP contribution in [-0.4, -0.2) is 34.3 Å². The highest BCUT2D eigenvalue weighted by atomic mass is 16.4. The fraction of sp³-hybridized carbons (Fsp3) is 0.615. The first-order chi connectivity index (χ1) is 8.91. The van der Waals surface area contributed by atoms with Gasteiger partial charge in [-0.05, 0) is 19.8 Å². The van der Waals surface area contributed by atoms with Gasteiger partial charge < -0.3 is 14.6 Å². The molecular formula is C13H19N3O3. The molecule has 6 nitrogen and oxygen atoms in total. The lowest BCUT2D eigenvalue weighted by Gasteiger charge is -2.39. The lowest BCUT2D eigenvalue weighted by Crippen LogP contribution is -2.60. The van der Waals surface area contributed by atoms with Gasteiger partial charge in [-0.25, -0.2) is 4.98 Å². The summed E-state index contributed by atoms with van der Waals surface area (Å²) in [7, 11) is 0. The van der Waals surface area contributed by atoms with E-state index < -0.39 is 6.04 Å². The first kappa shape index (κ1) is 13.6. The molecule has 0 bridgehead atoms. The normalized spacial score (nSPS) is 21.7. The number of carbonyl (C=O) groups is 2. The van der Waals surface area contributed by atoms with Gasteiger partial charge in [0.05, 0.1) is 12.7 Å². The third-order valence-electron chi connectivity index (χ3n) is 3.32. The second kappa shape index (κ2) is 5.03. The summed E-state index contributed by atoms with van der Waals surface area (Å²) in [4.78, 5) is 29.8. The van der Waals surface area contributed by atoms with Crippen molar-refractivity contribution in [1.29, 1.82) is 0 Å². The number of hydrogen-bond donors (Lipinski definition) is 1. The Morgan fingerprint density at radius 2 is 2.11 bits per heavy atom. The zero-order valence-electron chi connectivity index (χ0n) is 11.6. The second-order valence-electron chi connectivity index (χ2n) is 5.19. The molecule has 6 heteroatoms. The molecule has 2 atom stereocenters. The van der Waals surface area contributed by atoms with Crippen molar-refractivity contribution in [2.45, 2.75) is 39.8 Å². The molecule has 1 fully saturated rings. The van der Waals surface area contributed by atoms with E-state index in [1.54, 1.807) is 18.0 Å². The summed E-state index contributed by atoms with van der Waals surface area (Å²) >= 11 is 0. The van der Waals surface area contributed by atoms with Gasteiger partial charge in [0.25, 0.3) is 0 Å². The number of carbonyl (C=O) groups excluding carboxylic acids is 2. The number of rotatable bonds is 3. The summed E-state index contributed by atoms with van der Waals surface area (Å²) in [5, 5.41) is 2.62. The number of aryl methyl sites for hydroxylation is 1. The van der Waals surface area contributed by atoms with Crippen molar-refractivity contribution in [1.82, 2.24) is 15.2 Å². The zero-order chi connectivity index (χ0) is 14.2. The Balaban J connectivity index is 2.32. The summed E-state index contributed by atoms with van der Waals surface area (Å²) < 4.78 is 5.47. The summed E-state index contributed by atoms with van der Waals surface area (Å²) in [6.07, 6.45) is 1.62. The molecule has 1 N–H and O–H groups in total. The largest absolute Gasteiger partial charge is 0.444 e. The highest BCUT2D eigenvalue weighted by Crippen LogP contribution is 2.27. The van der Waals surface area contributed by atoms with E-state index in [0.717, 1.165) is 0 Å². The number of amides is 2. The topological polar surface area (TPSA) is 75.4 Å². The summed E-state index contributed by atoms with van der Waals surface area (Å²) in [6.45, 7) is 7.50. The molecular weight excluding hydrogens is 246 g/mol. The molecule has 1 saturated heterocycles. The molecule has 0 aliphatic carbocycles. The number of nitrogens with zero attached hydrogens (tertiary/aromatic N) is 2. The minimum Gasteiger partial charge on any atom is -0.444 e. The van der Waals surface area contributed by atoms with Crippen LogP contribution < -0.4 is 5.32 Å². The van der Waals surface area contributed by atoms with E-state index in [4.69, 9.17) is 4.42 Å². The third-order valence-corrected chi connectivity index (χ3v) is 3.32. The number of aromatic nitrogens is 1. The summed E-state index contributed by atoms with van der Waals surface area (Å²) in [5.74, 6) is 0.956. The number of hydrogen-bond acceptors (Lipinski definition) is 4. The van der Waals surface area contributed by atoms with Crippen LogP contribution in [0.4, 0.5) is 0 Å². The standard InChI is InChI=1S/C13H19N3O3/c1-7(2)11-12(18)14-6-10(17)16(11)9(4)13-15-5-8(3)19-13/h5,7,9,11H,6H2,1-4H3,(H,14,18). The van der Waals surface area contributed by atoms with Crippen LogP contribution in [0.1, 0.15) is 38.5 Å². The average molecular weight is 265 g/mol. The molecule has 1 aromatic heterocycles. The van der Waals surface area contributed by atoms with Gasteiger partial charge in [0, 0.05) is 0 Å². The maximum atomic E-state index is 12.1.